The maximum absolute atomic E-state index is 5.08. The summed E-state index contributed by atoms with van der Waals surface area (Å²) in [5.41, 5.74) is 0. The molecular formula is C6H10N2OS. The summed E-state index contributed by atoms with van der Waals surface area (Å²) in [6.07, 6.45) is 1.02. The summed E-state index contributed by atoms with van der Waals surface area (Å²) in [7, 11) is 0. The molecule has 1 aromatic rings. The number of nitrogens with zero attached hydrogens (tertiary/aromatic N) is 1. The molecule has 3 nitrogen and oxygen atoms in total. The van der Waals surface area contributed by atoms with Crippen molar-refractivity contribution in [3.8, 4) is 0 Å². The maximum Gasteiger partial charge on any atom is 0.284 e. The molecule has 0 aliphatic carbocycles. The van der Waals surface area contributed by atoms with Crippen LogP contribution in [0.4, 0.5) is 0 Å². The maximum atomic E-state index is 5.08. The van der Waals surface area contributed by atoms with E-state index in [0.717, 1.165) is 6.42 Å². The lowest BCUT2D eigenvalue weighted by Crippen LogP contribution is -1.90. The van der Waals surface area contributed by atoms with Gasteiger partial charge in [0.25, 0.3) is 4.84 Å². The van der Waals surface area contributed by atoms with Gasteiger partial charge in [-0.25, -0.2) is 5.10 Å². The minimum Gasteiger partial charge on any atom is -0.414 e. The molecule has 0 aromatic carbocycles. The van der Waals surface area contributed by atoms with Gasteiger partial charge in [0.15, 0.2) is 0 Å². The Morgan fingerprint density at radius 3 is 2.90 bits per heavy atom. The van der Waals surface area contributed by atoms with E-state index in [2.05, 4.69) is 24.0 Å². The molecule has 1 unspecified atom stereocenters. The lowest BCUT2D eigenvalue weighted by atomic mass is 10.1. The molecule has 0 saturated heterocycles. The molecule has 1 aromatic heterocycles. The van der Waals surface area contributed by atoms with Gasteiger partial charge in [-0.3, -0.25) is 0 Å². The Bertz CT molecular complexity index is 252. The minimum atomic E-state index is 0.355. The Balaban J connectivity index is 2.84. The average Bonchev–Trinajstić information content (AvgIpc) is 2.34. The zero-order valence-corrected chi connectivity index (χ0v) is 6.86. The van der Waals surface area contributed by atoms with E-state index in [4.69, 9.17) is 16.6 Å². The first-order chi connectivity index (χ1) is 4.74. The van der Waals surface area contributed by atoms with Crippen molar-refractivity contribution in [1.29, 1.82) is 0 Å². The van der Waals surface area contributed by atoms with Crippen molar-refractivity contribution in [3.05, 3.63) is 10.7 Å². The molecule has 4 heteroatoms. The highest BCUT2D eigenvalue weighted by Gasteiger charge is 2.07. The second-order valence-corrected chi connectivity index (χ2v) is 2.63. The van der Waals surface area contributed by atoms with Crippen molar-refractivity contribution in [3.63, 3.8) is 0 Å². The van der Waals surface area contributed by atoms with E-state index in [0.29, 0.717) is 16.6 Å². The fourth-order valence-electron chi connectivity index (χ4n) is 0.627. The Labute approximate surface area is 64.5 Å². The van der Waals surface area contributed by atoms with Crippen molar-refractivity contribution < 1.29 is 4.42 Å². The van der Waals surface area contributed by atoms with Gasteiger partial charge >= 0.3 is 0 Å². The number of aromatic amines is 1. The first-order valence-electron chi connectivity index (χ1n) is 3.29. The van der Waals surface area contributed by atoms with Gasteiger partial charge in [-0.1, -0.05) is 13.8 Å². The third-order valence-electron chi connectivity index (χ3n) is 1.49. The first-order valence-corrected chi connectivity index (χ1v) is 3.70. The van der Waals surface area contributed by atoms with E-state index >= 15 is 0 Å². The highest BCUT2D eigenvalue weighted by atomic mass is 32.1. The molecule has 0 fully saturated rings. The second-order valence-electron chi connectivity index (χ2n) is 2.26. The van der Waals surface area contributed by atoms with Crippen LogP contribution in [0.1, 0.15) is 32.1 Å². The van der Waals surface area contributed by atoms with E-state index < -0.39 is 0 Å². The average molecular weight is 158 g/mol. The van der Waals surface area contributed by atoms with Crippen LogP contribution < -0.4 is 0 Å². The molecule has 0 amide bonds. The van der Waals surface area contributed by atoms with E-state index in [1.54, 1.807) is 0 Å². The molecule has 0 bridgehead atoms. The number of nitrogens with one attached hydrogen (secondary N) is 1. The summed E-state index contributed by atoms with van der Waals surface area (Å²) in [4.78, 5) is 0.357. The number of rotatable bonds is 2. The largest absolute Gasteiger partial charge is 0.414 e. The molecule has 0 spiro atoms. The topological polar surface area (TPSA) is 41.8 Å². The monoisotopic (exact) mass is 158 g/mol. The molecule has 10 heavy (non-hydrogen) atoms. The molecule has 1 rings (SSSR count). The van der Waals surface area contributed by atoms with Crippen LogP contribution in [0.3, 0.4) is 0 Å². The molecule has 56 valence electrons. The van der Waals surface area contributed by atoms with Gasteiger partial charge in [-0.2, -0.15) is 0 Å². The summed E-state index contributed by atoms with van der Waals surface area (Å²) in [5, 5.41) is 6.47. The smallest absolute Gasteiger partial charge is 0.284 e. The summed E-state index contributed by atoms with van der Waals surface area (Å²) < 4.78 is 5.08. The second kappa shape index (κ2) is 2.96. The standard InChI is InChI=1S/C6H10N2OS/c1-3-4(2)5-7-8-6(10)9-5/h4H,3H2,1-2H3,(H,8,10). The fraction of sp³-hybridized carbons (Fsp3) is 0.667. The zero-order chi connectivity index (χ0) is 7.56. The van der Waals surface area contributed by atoms with Gasteiger partial charge in [-0.15, -0.1) is 5.10 Å². The third-order valence-corrected chi connectivity index (χ3v) is 1.66. The molecule has 1 N–H and O–H groups in total. The fourth-order valence-corrected chi connectivity index (χ4v) is 0.758. The molecular weight excluding hydrogens is 148 g/mol. The predicted octanol–water partition coefficient (Wildman–Crippen LogP) is 2.25. The van der Waals surface area contributed by atoms with Gasteiger partial charge in [-0.05, 0) is 18.6 Å². The molecule has 0 aliphatic heterocycles. The van der Waals surface area contributed by atoms with E-state index in [1.165, 1.54) is 0 Å². The van der Waals surface area contributed by atoms with Crippen LogP contribution in [-0.4, -0.2) is 10.2 Å². The van der Waals surface area contributed by atoms with Crippen LogP contribution in [0.2, 0.25) is 0 Å². The Hall–Kier alpha value is -0.640. The number of aromatic nitrogens is 2. The Kier molecular flexibility index (Phi) is 2.21. The van der Waals surface area contributed by atoms with Crippen LogP contribution in [0.25, 0.3) is 0 Å². The van der Waals surface area contributed by atoms with Gasteiger partial charge < -0.3 is 4.42 Å². The Morgan fingerprint density at radius 1 is 1.80 bits per heavy atom. The zero-order valence-electron chi connectivity index (χ0n) is 6.05. The van der Waals surface area contributed by atoms with Crippen LogP contribution >= 0.6 is 12.2 Å². The molecule has 0 saturated carbocycles. The van der Waals surface area contributed by atoms with Gasteiger partial charge in [0.2, 0.25) is 5.89 Å². The van der Waals surface area contributed by atoms with Crippen molar-refractivity contribution in [2.24, 2.45) is 0 Å². The van der Waals surface area contributed by atoms with Crippen LogP contribution in [0, 0.1) is 4.84 Å². The lowest BCUT2D eigenvalue weighted by Gasteiger charge is -1.98. The molecule has 0 radical (unpaired) electrons. The number of hydrogen-bond donors (Lipinski definition) is 1. The number of H-pyrrole nitrogens is 1. The summed E-state index contributed by atoms with van der Waals surface area (Å²) in [6.45, 7) is 4.13. The van der Waals surface area contributed by atoms with Crippen molar-refractivity contribution in [2.75, 3.05) is 0 Å². The quantitative estimate of drug-likeness (QED) is 0.671. The summed E-state index contributed by atoms with van der Waals surface area (Å²) >= 11 is 4.72. The predicted molar refractivity (Wildman–Crippen MR) is 40.4 cm³/mol. The minimum absolute atomic E-state index is 0.355. The summed E-state index contributed by atoms with van der Waals surface area (Å²) in [6, 6.07) is 0. The normalized spacial score (nSPS) is 13.4. The highest BCUT2D eigenvalue weighted by molar-refractivity contribution is 7.71. The molecule has 0 aliphatic rings. The third kappa shape index (κ3) is 1.44. The van der Waals surface area contributed by atoms with Crippen molar-refractivity contribution in [2.45, 2.75) is 26.2 Å². The lowest BCUT2D eigenvalue weighted by molar-refractivity contribution is 0.443. The number of hydrogen-bond acceptors (Lipinski definition) is 3. The Morgan fingerprint density at radius 2 is 2.50 bits per heavy atom. The van der Waals surface area contributed by atoms with Crippen LogP contribution in [-0.2, 0) is 0 Å². The van der Waals surface area contributed by atoms with E-state index in [9.17, 15) is 0 Å². The highest BCUT2D eigenvalue weighted by Crippen LogP contribution is 2.14. The van der Waals surface area contributed by atoms with Crippen molar-refractivity contribution >= 4 is 12.2 Å². The van der Waals surface area contributed by atoms with Gasteiger partial charge in [0.05, 0.1) is 0 Å². The molecule has 1 heterocycles. The SMILES string of the molecule is CCC(C)c1n[nH]c(=S)o1. The van der Waals surface area contributed by atoms with Crippen molar-refractivity contribution in [1.82, 2.24) is 10.2 Å². The summed E-state index contributed by atoms with van der Waals surface area (Å²) in [5.74, 6) is 1.06. The first kappa shape index (κ1) is 7.47. The van der Waals surface area contributed by atoms with Gasteiger partial charge in [0.1, 0.15) is 0 Å². The van der Waals surface area contributed by atoms with Crippen LogP contribution in [0.15, 0.2) is 4.42 Å². The van der Waals surface area contributed by atoms with Crippen LogP contribution in [0.5, 0.6) is 0 Å². The van der Waals surface area contributed by atoms with E-state index in [1.807, 2.05) is 0 Å². The van der Waals surface area contributed by atoms with Gasteiger partial charge in [0, 0.05) is 5.92 Å². The molecule has 1 atom stereocenters. The van der Waals surface area contributed by atoms with E-state index in [-0.39, 0.29) is 0 Å².